The van der Waals surface area contributed by atoms with Crippen molar-refractivity contribution in [2.75, 3.05) is 0 Å². The summed E-state index contributed by atoms with van der Waals surface area (Å²) in [6, 6.07) is 10.2. The van der Waals surface area contributed by atoms with E-state index in [-0.39, 0.29) is 5.82 Å². The van der Waals surface area contributed by atoms with Crippen molar-refractivity contribution >= 4 is 27.5 Å². The third-order valence-electron chi connectivity index (χ3n) is 2.47. The number of benzene rings is 2. The molecule has 4 heteroatoms. The molecule has 0 N–H and O–H groups in total. The second-order valence-electron chi connectivity index (χ2n) is 3.94. The molecule has 0 fully saturated rings. The van der Waals surface area contributed by atoms with Gasteiger partial charge in [-0.1, -0.05) is 28.1 Å². The van der Waals surface area contributed by atoms with Crippen LogP contribution >= 0.6 is 27.5 Å². The van der Waals surface area contributed by atoms with Gasteiger partial charge in [0.25, 0.3) is 0 Å². The maximum absolute atomic E-state index is 13.2. The van der Waals surface area contributed by atoms with Gasteiger partial charge >= 0.3 is 0 Å². The van der Waals surface area contributed by atoms with Crippen molar-refractivity contribution in [3.8, 4) is 11.5 Å². The van der Waals surface area contributed by atoms with Crippen molar-refractivity contribution < 1.29 is 9.13 Å². The molecule has 0 aliphatic carbocycles. The van der Waals surface area contributed by atoms with Gasteiger partial charge in [0.15, 0.2) is 0 Å². The Morgan fingerprint density at radius 1 is 1.22 bits per heavy atom. The highest BCUT2D eigenvalue weighted by atomic mass is 79.9. The molecule has 2 rings (SSSR count). The fraction of sp³-hybridized carbons (Fsp3) is 0.143. The Kier molecular flexibility index (Phi) is 4.25. The predicted octanol–water partition coefficient (Wildman–Crippen LogP) is 5.43. The summed E-state index contributed by atoms with van der Waals surface area (Å²) in [4.78, 5) is 0. The molecular weight excluding hydrogens is 319 g/mol. The minimum atomic E-state index is -0.342. The lowest BCUT2D eigenvalue weighted by Gasteiger charge is -2.10. The topological polar surface area (TPSA) is 9.23 Å². The van der Waals surface area contributed by atoms with Gasteiger partial charge in [0.05, 0.1) is 0 Å². The highest BCUT2D eigenvalue weighted by Crippen LogP contribution is 2.29. The molecule has 0 spiro atoms. The summed E-state index contributed by atoms with van der Waals surface area (Å²) >= 11 is 9.01. The molecule has 0 aliphatic rings. The second-order valence-corrected chi connectivity index (χ2v) is 5.12. The number of ether oxygens (including phenoxy) is 1. The van der Waals surface area contributed by atoms with Crippen molar-refractivity contribution in [3.05, 3.63) is 57.8 Å². The van der Waals surface area contributed by atoms with Crippen LogP contribution in [0.3, 0.4) is 0 Å². The van der Waals surface area contributed by atoms with Gasteiger partial charge in [-0.3, -0.25) is 0 Å². The first-order valence-corrected chi connectivity index (χ1v) is 6.70. The average Bonchev–Trinajstić information content (AvgIpc) is 2.30. The number of hydrogen-bond acceptors (Lipinski definition) is 1. The van der Waals surface area contributed by atoms with Crippen molar-refractivity contribution in [2.45, 2.75) is 12.8 Å². The average molecular weight is 330 g/mol. The minimum Gasteiger partial charge on any atom is -0.457 e. The largest absolute Gasteiger partial charge is 0.457 e. The monoisotopic (exact) mass is 328 g/mol. The van der Waals surface area contributed by atoms with Gasteiger partial charge in [0, 0.05) is 16.4 Å². The van der Waals surface area contributed by atoms with Crippen LogP contribution < -0.4 is 4.74 Å². The number of rotatable bonds is 3. The Labute approximate surface area is 119 Å². The number of aryl methyl sites for hydroxylation is 1. The van der Waals surface area contributed by atoms with Crippen molar-refractivity contribution in [1.82, 2.24) is 0 Å². The van der Waals surface area contributed by atoms with E-state index in [0.717, 1.165) is 11.1 Å². The lowest BCUT2D eigenvalue weighted by molar-refractivity contribution is 0.472. The molecule has 0 bridgehead atoms. The predicted molar refractivity (Wildman–Crippen MR) is 74.9 cm³/mol. The smallest absolute Gasteiger partial charge is 0.131 e. The van der Waals surface area contributed by atoms with Gasteiger partial charge in [-0.15, -0.1) is 11.6 Å². The van der Waals surface area contributed by atoms with Crippen LogP contribution in [0, 0.1) is 12.7 Å². The Morgan fingerprint density at radius 3 is 2.67 bits per heavy atom. The lowest BCUT2D eigenvalue weighted by atomic mass is 10.1. The summed E-state index contributed by atoms with van der Waals surface area (Å²) in [5.41, 5.74) is 1.94. The van der Waals surface area contributed by atoms with Crippen LogP contribution in [-0.4, -0.2) is 0 Å². The van der Waals surface area contributed by atoms with Gasteiger partial charge in [-0.05, 0) is 36.2 Å². The van der Waals surface area contributed by atoms with Crippen molar-refractivity contribution in [3.63, 3.8) is 0 Å². The van der Waals surface area contributed by atoms with Crippen molar-refractivity contribution in [2.24, 2.45) is 0 Å². The van der Waals surface area contributed by atoms with Crippen LogP contribution in [0.4, 0.5) is 4.39 Å². The van der Waals surface area contributed by atoms with Gasteiger partial charge in [0.1, 0.15) is 17.3 Å². The lowest BCUT2D eigenvalue weighted by Crippen LogP contribution is -1.90. The molecule has 0 amide bonds. The standard InChI is InChI=1S/C14H11BrClFO/c1-9-2-3-10(8-16)4-14(9)18-13-6-11(15)5-12(17)7-13/h2-7H,8H2,1H3. The van der Waals surface area contributed by atoms with E-state index >= 15 is 0 Å². The first kappa shape index (κ1) is 13.4. The normalized spacial score (nSPS) is 10.4. The Balaban J connectivity index is 2.33. The maximum atomic E-state index is 13.2. The molecule has 0 saturated heterocycles. The summed E-state index contributed by atoms with van der Waals surface area (Å²) in [5, 5.41) is 0. The van der Waals surface area contributed by atoms with Crippen LogP contribution in [0.25, 0.3) is 0 Å². The van der Waals surface area contributed by atoms with Crippen LogP contribution in [0.1, 0.15) is 11.1 Å². The molecule has 2 aromatic carbocycles. The molecule has 1 nitrogen and oxygen atoms in total. The summed E-state index contributed by atoms with van der Waals surface area (Å²) in [7, 11) is 0. The zero-order valence-corrected chi connectivity index (χ0v) is 12.1. The van der Waals surface area contributed by atoms with Crippen LogP contribution in [-0.2, 0) is 5.88 Å². The van der Waals surface area contributed by atoms with E-state index in [1.54, 1.807) is 6.07 Å². The molecule has 0 atom stereocenters. The zero-order chi connectivity index (χ0) is 13.1. The van der Waals surface area contributed by atoms with Gasteiger partial charge in [-0.2, -0.15) is 0 Å². The fourth-order valence-corrected chi connectivity index (χ4v) is 2.16. The van der Waals surface area contributed by atoms with E-state index in [0.29, 0.717) is 21.9 Å². The van der Waals surface area contributed by atoms with Crippen LogP contribution in [0.5, 0.6) is 11.5 Å². The second kappa shape index (κ2) is 5.72. The number of hydrogen-bond donors (Lipinski definition) is 0. The number of halogens is 3. The van der Waals surface area contributed by atoms with Gasteiger partial charge in [-0.25, -0.2) is 4.39 Å². The van der Waals surface area contributed by atoms with Gasteiger partial charge in [0.2, 0.25) is 0 Å². The molecule has 0 unspecified atom stereocenters. The quantitative estimate of drug-likeness (QED) is 0.682. The first-order chi connectivity index (χ1) is 8.58. The Morgan fingerprint density at radius 2 is 2.00 bits per heavy atom. The van der Waals surface area contributed by atoms with Crippen molar-refractivity contribution in [1.29, 1.82) is 0 Å². The number of alkyl halides is 1. The first-order valence-electron chi connectivity index (χ1n) is 5.38. The highest BCUT2D eigenvalue weighted by Gasteiger charge is 2.05. The Hall–Kier alpha value is -1.06. The van der Waals surface area contributed by atoms with E-state index < -0.39 is 0 Å². The molecule has 94 valence electrons. The Bertz CT molecular complexity index is 551. The molecule has 0 heterocycles. The molecule has 18 heavy (non-hydrogen) atoms. The fourth-order valence-electron chi connectivity index (χ4n) is 1.55. The van der Waals surface area contributed by atoms with E-state index in [4.69, 9.17) is 16.3 Å². The molecule has 0 aromatic heterocycles. The van der Waals surface area contributed by atoms with Gasteiger partial charge < -0.3 is 4.74 Å². The molecule has 0 aliphatic heterocycles. The summed E-state index contributed by atoms with van der Waals surface area (Å²) < 4.78 is 19.6. The summed E-state index contributed by atoms with van der Waals surface area (Å²) in [5.74, 6) is 1.22. The third kappa shape index (κ3) is 3.24. The van der Waals surface area contributed by atoms with E-state index in [9.17, 15) is 4.39 Å². The SMILES string of the molecule is Cc1ccc(CCl)cc1Oc1cc(F)cc(Br)c1. The summed E-state index contributed by atoms with van der Waals surface area (Å²) in [6.07, 6.45) is 0. The zero-order valence-electron chi connectivity index (χ0n) is 9.71. The van der Waals surface area contributed by atoms with E-state index in [1.807, 2.05) is 25.1 Å². The third-order valence-corrected chi connectivity index (χ3v) is 3.24. The molecule has 0 radical (unpaired) electrons. The van der Waals surface area contributed by atoms with Crippen LogP contribution in [0.15, 0.2) is 40.9 Å². The summed E-state index contributed by atoms with van der Waals surface area (Å²) in [6.45, 7) is 1.93. The maximum Gasteiger partial charge on any atom is 0.131 e. The molecule has 2 aromatic rings. The minimum absolute atomic E-state index is 0.342. The van der Waals surface area contributed by atoms with Crippen LogP contribution in [0.2, 0.25) is 0 Å². The molecular formula is C14H11BrClFO. The molecule has 0 saturated carbocycles. The van der Waals surface area contributed by atoms with E-state index in [2.05, 4.69) is 15.9 Å². The van der Waals surface area contributed by atoms with E-state index in [1.165, 1.54) is 12.1 Å². The highest BCUT2D eigenvalue weighted by molar-refractivity contribution is 9.10.